The van der Waals surface area contributed by atoms with E-state index in [1.54, 1.807) is 11.1 Å². The fourth-order valence-corrected chi connectivity index (χ4v) is 2.74. The van der Waals surface area contributed by atoms with Crippen LogP contribution in [0.1, 0.15) is 43.4 Å². The second-order valence-electron chi connectivity index (χ2n) is 5.84. The molecule has 0 radical (unpaired) electrons. The Morgan fingerprint density at radius 1 is 1.29 bits per heavy atom. The van der Waals surface area contributed by atoms with Gasteiger partial charge < -0.3 is 10.2 Å². The molecule has 0 aromatic heterocycles. The summed E-state index contributed by atoms with van der Waals surface area (Å²) in [7, 11) is 0. The minimum absolute atomic E-state index is 0.0169. The summed E-state index contributed by atoms with van der Waals surface area (Å²) >= 11 is 0. The summed E-state index contributed by atoms with van der Waals surface area (Å²) in [6, 6.07) is 7.72. The molecule has 1 heterocycles. The molecule has 2 aliphatic rings. The number of carbonyl (C=O) groups excluding carboxylic acids is 2. The molecule has 1 atom stereocenters. The van der Waals surface area contributed by atoms with E-state index in [-0.39, 0.29) is 17.9 Å². The van der Waals surface area contributed by atoms with Crippen LogP contribution in [0.2, 0.25) is 0 Å². The van der Waals surface area contributed by atoms with Gasteiger partial charge in [-0.05, 0) is 36.0 Å². The monoisotopic (exact) mass is 284 g/mol. The zero-order chi connectivity index (χ0) is 14.8. The van der Waals surface area contributed by atoms with Gasteiger partial charge in [-0.1, -0.05) is 24.3 Å². The number of amides is 2. The lowest BCUT2D eigenvalue weighted by Gasteiger charge is -2.32. The Bertz CT molecular complexity index is 590. The van der Waals surface area contributed by atoms with Gasteiger partial charge in [-0.2, -0.15) is 0 Å². The maximum atomic E-state index is 12.1. The third-order valence-electron chi connectivity index (χ3n) is 4.13. The van der Waals surface area contributed by atoms with Crippen LogP contribution in [0.3, 0.4) is 0 Å². The van der Waals surface area contributed by atoms with E-state index in [9.17, 15) is 9.59 Å². The smallest absolute Gasteiger partial charge is 0.223 e. The first-order chi connectivity index (χ1) is 10.1. The SMILES string of the molecule is CC(=O)N1C=Cc2ccccc2[C@H]1CC(=O)NCC1CC1. The molecule has 1 aromatic rings. The highest BCUT2D eigenvalue weighted by molar-refractivity contribution is 5.81. The maximum Gasteiger partial charge on any atom is 0.223 e. The lowest BCUT2D eigenvalue weighted by Crippen LogP contribution is -2.35. The highest BCUT2D eigenvalue weighted by Crippen LogP contribution is 2.33. The van der Waals surface area contributed by atoms with Crippen LogP contribution in [0.5, 0.6) is 0 Å². The number of carbonyl (C=O) groups is 2. The van der Waals surface area contributed by atoms with E-state index in [1.165, 1.54) is 19.8 Å². The van der Waals surface area contributed by atoms with Crippen molar-refractivity contribution in [3.05, 3.63) is 41.6 Å². The van der Waals surface area contributed by atoms with Crippen LogP contribution >= 0.6 is 0 Å². The predicted octanol–water partition coefficient (Wildman–Crippen LogP) is 2.48. The number of nitrogens with zero attached hydrogens (tertiary/aromatic N) is 1. The summed E-state index contributed by atoms with van der Waals surface area (Å²) in [6.45, 7) is 2.30. The Balaban J connectivity index is 1.76. The molecule has 1 saturated carbocycles. The highest BCUT2D eigenvalue weighted by Gasteiger charge is 2.29. The summed E-state index contributed by atoms with van der Waals surface area (Å²) in [5.41, 5.74) is 2.12. The largest absolute Gasteiger partial charge is 0.356 e. The van der Waals surface area contributed by atoms with Crippen LogP contribution in [-0.4, -0.2) is 23.3 Å². The van der Waals surface area contributed by atoms with Crippen molar-refractivity contribution in [2.24, 2.45) is 5.92 Å². The summed E-state index contributed by atoms with van der Waals surface area (Å²) < 4.78 is 0. The summed E-state index contributed by atoms with van der Waals surface area (Å²) in [4.78, 5) is 25.6. The first kappa shape index (κ1) is 13.9. The average molecular weight is 284 g/mol. The van der Waals surface area contributed by atoms with Crippen LogP contribution < -0.4 is 5.32 Å². The lowest BCUT2D eigenvalue weighted by molar-refractivity contribution is -0.129. The lowest BCUT2D eigenvalue weighted by atomic mass is 9.93. The quantitative estimate of drug-likeness (QED) is 0.923. The second-order valence-corrected chi connectivity index (χ2v) is 5.84. The Morgan fingerprint density at radius 2 is 2.05 bits per heavy atom. The molecule has 21 heavy (non-hydrogen) atoms. The van der Waals surface area contributed by atoms with Crippen LogP contribution in [0.15, 0.2) is 30.5 Å². The van der Waals surface area contributed by atoms with Crippen molar-refractivity contribution in [1.29, 1.82) is 0 Å². The number of rotatable bonds is 4. The minimum Gasteiger partial charge on any atom is -0.356 e. The molecule has 1 N–H and O–H groups in total. The van der Waals surface area contributed by atoms with E-state index < -0.39 is 0 Å². The van der Waals surface area contributed by atoms with Crippen molar-refractivity contribution >= 4 is 17.9 Å². The maximum absolute atomic E-state index is 12.1. The molecular formula is C17H20N2O2. The molecule has 1 fully saturated rings. The number of hydrogen-bond donors (Lipinski definition) is 1. The number of fused-ring (bicyclic) bond motifs is 1. The van der Waals surface area contributed by atoms with Gasteiger partial charge in [0.1, 0.15) is 0 Å². The zero-order valence-electron chi connectivity index (χ0n) is 12.2. The minimum atomic E-state index is -0.206. The summed E-state index contributed by atoms with van der Waals surface area (Å²) in [5, 5.41) is 2.98. The standard InChI is InChI=1S/C17H20N2O2/c1-12(20)19-9-8-14-4-2-3-5-15(14)16(19)10-17(21)18-11-13-6-7-13/h2-5,8-9,13,16H,6-7,10-11H2,1H3,(H,18,21)/t16-/m1/s1. The van der Waals surface area contributed by atoms with Crippen molar-refractivity contribution in [2.75, 3.05) is 6.54 Å². The molecule has 1 aliphatic heterocycles. The molecule has 0 bridgehead atoms. The van der Waals surface area contributed by atoms with E-state index in [1.807, 2.05) is 30.3 Å². The number of hydrogen-bond acceptors (Lipinski definition) is 2. The molecule has 1 aromatic carbocycles. The van der Waals surface area contributed by atoms with E-state index in [0.29, 0.717) is 12.3 Å². The molecule has 0 unspecified atom stereocenters. The van der Waals surface area contributed by atoms with Gasteiger partial charge in [0.05, 0.1) is 12.5 Å². The Morgan fingerprint density at radius 3 is 2.76 bits per heavy atom. The van der Waals surface area contributed by atoms with Crippen molar-refractivity contribution in [3.8, 4) is 0 Å². The van der Waals surface area contributed by atoms with Crippen LogP contribution in [-0.2, 0) is 9.59 Å². The Labute approximate surface area is 124 Å². The van der Waals surface area contributed by atoms with Gasteiger partial charge >= 0.3 is 0 Å². The van der Waals surface area contributed by atoms with E-state index in [0.717, 1.165) is 17.7 Å². The number of nitrogens with one attached hydrogen (secondary N) is 1. The van der Waals surface area contributed by atoms with E-state index in [4.69, 9.17) is 0 Å². The fourth-order valence-electron chi connectivity index (χ4n) is 2.74. The summed E-state index contributed by atoms with van der Waals surface area (Å²) in [5.74, 6) is 0.639. The highest BCUT2D eigenvalue weighted by atomic mass is 16.2. The molecule has 1 aliphatic carbocycles. The van der Waals surface area contributed by atoms with Crippen LogP contribution in [0.25, 0.3) is 6.08 Å². The average Bonchev–Trinajstić information content (AvgIpc) is 3.29. The van der Waals surface area contributed by atoms with Gasteiger partial charge in [-0.25, -0.2) is 0 Å². The van der Waals surface area contributed by atoms with Crippen molar-refractivity contribution < 1.29 is 9.59 Å². The first-order valence-electron chi connectivity index (χ1n) is 7.48. The van der Waals surface area contributed by atoms with Gasteiger partial charge in [-0.3, -0.25) is 9.59 Å². The Hall–Kier alpha value is -2.10. The van der Waals surface area contributed by atoms with E-state index >= 15 is 0 Å². The molecule has 0 saturated heterocycles. The first-order valence-corrected chi connectivity index (χ1v) is 7.48. The zero-order valence-corrected chi connectivity index (χ0v) is 12.2. The molecular weight excluding hydrogens is 264 g/mol. The molecule has 4 heteroatoms. The third-order valence-corrected chi connectivity index (χ3v) is 4.13. The fraction of sp³-hybridized carbons (Fsp3) is 0.412. The molecule has 2 amide bonds. The van der Waals surface area contributed by atoms with Gasteiger partial charge in [0, 0.05) is 19.7 Å². The van der Waals surface area contributed by atoms with Gasteiger partial charge in [0.15, 0.2) is 0 Å². The summed E-state index contributed by atoms with van der Waals surface area (Å²) in [6.07, 6.45) is 6.45. The normalized spacial score (nSPS) is 20.0. The molecule has 4 nitrogen and oxygen atoms in total. The predicted molar refractivity (Wildman–Crippen MR) is 81.1 cm³/mol. The Kier molecular flexibility index (Phi) is 3.78. The van der Waals surface area contributed by atoms with Crippen molar-refractivity contribution in [1.82, 2.24) is 10.2 Å². The van der Waals surface area contributed by atoms with Crippen LogP contribution in [0.4, 0.5) is 0 Å². The topological polar surface area (TPSA) is 49.4 Å². The second kappa shape index (κ2) is 5.72. The molecule has 3 rings (SSSR count). The van der Waals surface area contributed by atoms with E-state index in [2.05, 4.69) is 5.32 Å². The van der Waals surface area contributed by atoms with Crippen molar-refractivity contribution in [2.45, 2.75) is 32.2 Å². The van der Waals surface area contributed by atoms with Gasteiger partial charge in [-0.15, -0.1) is 0 Å². The number of benzene rings is 1. The van der Waals surface area contributed by atoms with Crippen molar-refractivity contribution in [3.63, 3.8) is 0 Å². The van der Waals surface area contributed by atoms with Gasteiger partial charge in [0.25, 0.3) is 0 Å². The van der Waals surface area contributed by atoms with Gasteiger partial charge in [0.2, 0.25) is 11.8 Å². The molecule has 110 valence electrons. The molecule has 0 spiro atoms. The van der Waals surface area contributed by atoms with Crippen LogP contribution in [0, 0.1) is 5.92 Å². The third kappa shape index (κ3) is 3.15.